The molecule has 0 aliphatic carbocycles. The van der Waals surface area contributed by atoms with Gasteiger partial charge >= 0.3 is 5.97 Å². The van der Waals surface area contributed by atoms with Gasteiger partial charge < -0.3 is 10.2 Å². The minimum absolute atomic E-state index is 0.0701. The maximum absolute atomic E-state index is 10.7. The zero-order chi connectivity index (χ0) is 12.3. The molecule has 4 nitrogen and oxygen atoms in total. The van der Waals surface area contributed by atoms with Crippen molar-refractivity contribution in [2.24, 2.45) is 0 Å². The average Bonchev–Trinajstić information content (AvgIpc) is 2.66. The number of likely N-dealkylation sites (N-methyl/N-ethyl adjacent to an activating group) is 1. The lowest BCUT2D eigenvalue weighted by Crippen LogP contribution is -2.43. The molecule has 2 N–H and O–H groups in total. The minimum Gasteiger partial charge on any atom is -0.477 e. The molecule has 0 spiro atoms. The Hall–Kier alpha value is -0.910. The van der Waals surface area contributed by atoms with E-state index in [-0.39, 0.29) is 12.1 Å². The Morgan fingerprint density at radius 3 is 2.56 bits per heavy atom. The number of hydrogen-bond donors (Lipinski definition) is 2. The largest absolute Gasteiger partial charge is 0.477 e. The minimum atomic E-state index is -0.889. The van der Waals surface area contributed by atoms with Gasteiger partial charge in [-0.05, 0) is 33.0 Å². The summed E-state index contributed by atoms with van der Waals surface area (Å²) in [6.07, 6.45) is 0. The van der Waals surface area contributed by atoms with Gasteiger partial charge in [0.05, 0.1) is 6.61 Å². The molecule has 0 aromatic carbocycles. The molecular formula is C11H17NO3S. The van der Waals surface area contributed by atoms with E-state index in [1.54, 1.807) is 6.07 Å². The molecule has 0 unspecified atom stereocenters. The van der Waals surface area contributed by atoms with Gasteiger partial charge in [-0.3, -0.25) is 4.90 Å². The lowest BCUT2D eigenvalue weighted by atomic mass is 10.1. The van der Waals surface area contributed by atoms with Crippen LogP contribution in [0.3, 0.4) is 0 Å². The predicted molar refractivity (Wildman–Crippen MR) is 63.9 cm³/mol. The summed E-state index contributed by atoms with van der Waals surface area (Å²) in [6.45, 7) is 4.60. The third-order valence-electron chi connectivity index (χ3n) is 2.69. The molecule has 0 saturated carbocycles. The number of carbonyl (C=O) groups is 1. The van der Waals surface area contributed by atoms with E-state index in [1.807, 2.05) is 31.9 Å². The van der Waals surface area contributed by atoms with Crippen molar-refractivity contribution < 1.29 is 15.0 Å². The maximum atomic E-state index is 10.7. The Kier molecular flexibility index (Phi) is 4.07. The number of aromatic carboxylic acids is 1. The van der Waals surface area contributed by atoms with Crippen molar-refractivity contribution in [2.75, 3.05) is 13.7 Å². The first-order valence-corrected chi connectivity index (χ1v) is 5.82. The number of carboxylic acid groups (broad SMARTS) is 1. The number of thiophene rings is 1. The Bertz CT molecular complexity index is 373. The van der Waals surface area contributed by atoms with Crippen LogP contribution >= 0.6 is 11.3 Å². The fourth-order valence-electron chi connectivity index (χ4n) is 1.15. The molecule has 0 saturated heterocycles. The molecule has 1 aromatic heterocycles. The molecule has 0 fully saturated rings. The number of nitrogens with zero attached hydrogens (tertiary/aromatic N) is 1. The third kappa shape index (κ3) is 3.04. The second-order valence-electron chi connectivity index (χ2n) is 4.40. The standard InChI is InChI=1S/C11H17NO3S/c1-11(2,7-13)12(3)6-8-4-5-9(16-8)10(14)15/h4-5,13H,6-7H2,1-3H3,(H,14,15). The molecule has 0 aliphatic rings. The smallest absolute Gasteiger partial charge is 0.345 e. The van der Waals surface area contributed by atoms with Gasteiger partial charge in [0.1, 0.15) is 4.88 Å². The summed E-state index contributed by atoms with van der Waals surface area (Å²) >= 11 is 1.27. The van der Waals surface area contributed by atoms with Crippen molar-refractivity contribution in [1.29, 1.82) is 0 Å². The highest BCUT2D eigenvalue weighted by atomic mass is 32.1. The lowest BCUT2D eigenvalue weighted by molar-refractivity contribution is 0.0702. The second kappa shape index (κ2) is 4.95. The van der Waals surface area contributed by atoms with E-state index in [2.05, 4.69) is 0 Å². The van der Waals surface area contributed by atoms with Crippen molar-refractivity contribution in [3.05, 3.63) is 21.9 Å². The molecule has 0 atom stereocenters. The molecule has 1 rings (SSSR count). The number of aliphatic hydroxyl groups excluding tert-OH is 1. The SMILES string of the molecule is CN(Cc1ccc(C(=O)O)s1)C(C)(C)CO. The van der Waals surface area contributed by atoms with Crippen LogP contribution in [0.1, 0.15) is 28.4 Å². The molecule has 1 heterocycles. The third-order valence-corrected chi connectivity index (χ3v) is 3.74. The summed E-state index contributed by atoms with van der Waals surface area (Å²) < 4.78 is 0. The monoisotopic (exact) mass is 243 g/mol. The van der Waals surface area contributed by atoms with Gasteiger partial charge in [0, 0.05) is 17.0 Å². The van der Waals surface area contributed by atoms with Gasteiger partial charge in [-0.15, -0.1) is 11.3 Å². The van der Waals surface area contributed by atoms with E-state index in [0.29, 0.717) is 11.4 Å². The fourth-order valence-corrected chi connectivity index (χ4v) is 2.05. The van der Waals surface area contributed by atoms with Crippen LogP contribution in [0.2, 0.25) is 0 Å². The van der Waals surface area contributed by atoms with Crippen LogP contribution in [0, 0.1) is 0 Å². The first kappa shape index (κ1) is 13.2. The first-order chi connectivity index (χ1) is 7.36. The molecular weight excluding hydrogens is 226 g/mol. The summed E-state index contributed by atoms with van der Waals surface area (Å²) in [4.78, 5) is 14.1. The molecule has 5 heteroatoms. The number of aliphatic hydroxyl groups is 1. The van der Waals surface area contributed by atoms with E-state index < -0.39 is 5.97 Å². The van der Waals surface area contributed by atoms with E-state index in [4.69, 9.17) is 5.11 Å². The Labute approximate surface area is 99.1 Å². The van der Waals surface area contributed by atoms with Crippen LogP contribution in [-0.4, -0.2) is 40.3 Å². The van der Waals surface area contributed by atoms with E-state index in [1.165, 1.54) is 11.3 Å². The van der Waals surface area contributed by atoms with Crippen molar-refractivity contribution in [1.82, 2.24) is 4.90 Å². The van der Waals surface area contributed by atoms with E-state index >= 15 is 0 Å². The summed E-state index contributed by atoms with van der Waals surface area (Å²) in [6, 6.07) is 3.43. The number of carboxylic acids is 1. The molecule has 0 aliphatic heterocycles. The average molecular weight is 243 g/mol. The van der Waals surface area contributed by atoms with Crippen molar-refractivity contribution in [3.8, 4) is 0 Å². The molecule has 0 bridgehead atoms. The zero-order valence-electron chi connectivity index (χ0n) is 9.73. The summed E-state index contributed by atoms with van der Waals surface area (Å²) in [5.41, 5.74) is -0.298. The van der Waals surface area contributed by atoms with Gasteiger partial charge in [-0.2, -0.15) is 0 Å². The predicted octanol–water partition coefficient (Wildman–Crippen LogP) is 1.65. The number of hydrogen-bond acceptors (Lipinski definition) is 4. The van der Waals surface area contributed by atoms with Crippen LogP contribution in [-0.2, 0) is 6.54 Å². The Balaban J connectivity index is 2.70. The van der Waals surface area contributed by atoms with Crippen LogP contribution < -0.4 is 0 Å². The highest BCUT2D eigenvalue weighted by molar-refractivity contribution is 7.13. The van der Waals surface area contributed by atoms with Crippen LogP contribution in [0.25, 0.3) is 0 Å². The lowest BCUT2D eigenvalue weighted by Gasteiger charge is -2.33. The quantitative estimate of drug-likeness (QED) is 0.825. The van der Waals surface area contributed by atoms with Gasteiger partial charge in [0.2, 0.25) is 0 Å². The van der Waals surface area contributed by atoms with Crippen molar-refractivity contribution in [3.63, 3.8) is 0 Å². The zero-order valence-corrected chi connectivity index (χ0v) is 10.5. The Morgan fingerprint density at radius 1 is 1.50 bits per heavy atom. The number of rotatable bonds is 5. The van der Waals surface area contributed by atoms with Crippen LogP contribution in [0.5, 0.6) is 0 Å². The summed E-state index contributed by atoms with van der Waals surface area (Å²) in [5.74, 6) is -0.889. The summed E-state index contributed by atoms with van der Waals surface area (Å²) in [5, 5.41) is 18.0. The molecule has 0 amide bonds. The highest BCUT2D eigenvalue weighted by Gasteiger charge is 2.22. The second-order valence-corrected chi connectivity index (χ2v) is 5.57. The van der Waals surface area contributed by atoms with Gasteiger partial charge in [0.15, 0.2) is 0 Å². The molecule has 0 radical (unpaired) electrons. The van der Waals surface area contributed by atoms with E-state index in [9.17, 15) is 9.90 Å². The summed E-state index contributed by atoms with van der Waals surface area (Å²) in [7, 11) is 1.91. The topological polar surface area (TPSA) is 60.8 Å². The van der Waals surface area contributed by atoms with Crippen LogP contribution in [0.15, 0.2) is 12.1 Å². The van der Waals surface area contributed by atoms with Gasteiger partial charge in [-0.1, -0.05) is 0 Å². The normalized spacial score (nSPS) is 12.1. The molecule has 16 heavy (non-hydrogen) atoms. The highest BCUT2D eigenvalue weighted by Crippen LogP contribution is 2.21. The van der Waals surface area contributed by atoms with E-state index in [0.717, 1.165) is 4.88 Å². The maximum Gasteiger partial charge on any atom is 0.345 e. The fraction of sp³-hybridized carbons (Fsp3) is 0.545. The van der Waals surface area contributed by atoms with Gasteiger partial charge in [0.25, 0.3) is 0 Å². The first-order valence-electron chi connectivity index (χ1n) is 5.01. The van der Waals surface area contributed by atoms with Crippen molar-refractivity contribution >= 4 is 17.3 Å². The van der Waals surface area contributed by atoms with Crippen LogP contribution in [0.4, 0.5) is 0 Å². The molecule has 1 aromatic rings. The molecule has 90 valence electrons. The Morgan fingerprint density at radius 2 is 2.12 bits per heavy atom. The van der Waals surface area contributed by atoms with Gasteiger partial charge in [-0.25, -0.2) is 4.79 Å². The van der Waals surface area contributed by atoms with Crippen molar-refractivity contribution in [2.45, 2.75) is 25.9 Å².